The first-order valence-corrected chi connectivity index (χ1v) is 7.18. The van der Waals surface area contributed by atoms with Crippen molar-refractivity contribution in [2.45, 2.75) is 26.2 Å². The van der Waals surface area contributed by atoms with Gasteiger partial charge in [-0.25, -0.2) is 0 Å². The van der Waals surface area contributed by atoms with Gasteiger partial charge in [0.2, 0.25) is 0 Å². The molecule has 1 unspecified atom stereocenters. The molecular formula is C18H21N3O2. The van der Waals surface area contributed by atoms with E-state index in [1.54, 1.807) is 24.4 Å². The molecule has 0 fully saturated rings. The summed E-state index contributed by atoms with van der Waals surface area (Å²) in [5.74, 6) is -1.06. The molecule has 1 aromatic carbocycles. The fourth-order valence-corrected chi connectivity index (χ4v) is 2.49. The SMILES string of the molecule is [3H]CC([3H])(C[3H])C([3H])[C@H](N)COc1ccc2c(c1)[nH]c(=O)c1cnccc12. The van der Waals surface area contributed by atoms with Crippen LogP contribution in [0.5, 0.6) is 5.75 Å². The van der Waals surface area contributed by atoms with Gasteiger partial charge in [-0.1, -0.05) is 13.8 Å². The Morgan fingerprint density at radius 2 is 2.26 bits per heavy atom. The highest BCUT2D eigenvalue weighted by molar-refractivity contribution is 6.05. The third-order valence-corrected chi connectivity index (χ3v) is 3.49. The molecule has 0 aliphatic heterocycles. The predicted octanol–water partition coefficient (Wildman–Crippen LogP) is 2.83. The Morgan fingerprint density at radius 3 is 3.09 bits per heavy atom. The van der Waals surface area contributed by atoms with Crippen molar-refractivity contribution in [1.29, 1.82) is 0 Å². The van der Waals surface area contributed by atoms with Gasteiger partial charge in [-0.3, -0.25) is 9.78 Å². The number of benzene rings is 1. The summed E-state index contributed by atoms with van der Waals surface area (Å²) in [5.41, 5.74) is 6.32. The quantitative estimate of drug-likeness (QED) is 0.709. The van der Waals surface area contributed by atoms with E-state index in [0.29, 0.717) is 16.7 Å². The Labute approximate surface area is 140 Å². The number of aromatic amines is 1. The maximum absolute atomic E-state index is 12.2. The third-order valence-electron chi connectivity index (χ3n) is 3.49. The highest BCUT2D eigenvalue weighted by Gasteiger charge is 2.09. The Morgan fingerprint density at radius 1 is 1.39 bits per heavy atom. The van der Waals surface area contributed by atoms with Gasteiger partial charge in [0.25, 0.3) is 5.56 Å². The van der Waals surface area contributed by atoms with E-state index in [4.69, 9.17) is 16.0 Å². The van der Waals surface area contributed by atoms with E-state index in [1.165, 1.54) is 6.20 Å². The third kappa shape index (κ3) is 3.35. The van der Waals surface area contributed by atoms with Crippen LogP contribution in [0.25, 0.3) is 21.7 Å². The lowest BCUT2D eigenvalue weighted by molar-refractivity contribution is 0.271. The summed E-state index contributed by atoms with van der Waals surface area (Å²) in [6.07, 6.45) is 2.05. The highest BCUT2D eigenvalue weighted by atomic mass is 16.5. The molecule has 23 heavy (non-hydrogen) atoms. The van der Waals surface area contributed by atoms with Gasteiger partial charge in [-0.2, -0.15) is 0 Å². The van der Waals surface area contributed by atoms with Crippen LogP contribution >= 0.6 is 0 Å². The maximum atomic E-state index is 12.2. The smallest absolute Gasteiger partial charge is 0.257 e. The first-order valence-electron chi connectivity index (χ1n) is 9.67. The molecule has 5 nitrogen and oxygen atoms in total. The molecule has 0 radical (unpaired) electrons. The van der Waals surface area contributed by atoms with Crippen molar-refractivity contribution in [3.05, 3.63) is 47.0 Å². The topological polar surface area (TPSA) is 81.0 Å². The standard InChI is InChI=1S/C18H21N3O2/c1-11(2)7-12(19)10-23-13-3-4-15-14-5-6-20-9-16(14)18(22)21-17(15)8-13/h3-6,8-9,11-12H,7,10,19H2,1-2H3,(H,21,22)/t12-/m0/s1/i1T,2T,7T,11T/t7?,12-. The number of H-pyrrole nitrogens is 1. The molecule has 2 atom stereocenters. The number of hydrogen-bond donors (Lipinski definition) is 2. The number of fused-ring (bicyclic) bond motifs is 3. The lowest BCUT2D eigenvalue weighted by Gasteiger charge is -2.15. The summed E-state index contributed by atoms with van der Waals surface area (Å²) in [4.78, 5) is 19.0. The van der Waals surface area contributed by atoms with Crippen molar-refractivity contribution in [1.82, 2.24) is 9.97 Å². The van der Waals surface area contributed by atoms with Crippen molar-refractivity contribution in [2.75, 3.05) is 6.61 Å². The fraction of sp³-hybridized carbons (Fsp3) is 0.333. The Balaban J connectivity index is 1.82. The molecule has 0 aliphatic carbocycles. The maximum Gasteiger partial charge on any atom is 0.257 e. The zero-order chi connectivity index (χ0) is 19.6. The summed E-state index contributed by atoms with van der Waals surface area (Å²) in [6, 6.07) is 6.23. The molecule has 0 saturated heterocycles. The van der Waals surface area contributed by atoms with Crippen molar-refractivity contribution >= 4 is 21.7 Å². The summed E-state index contributed by atoms with van der Waals surface area (Å²) >= 11 is 0. The van der Waals surface area contributed by atoms with Crippen LogP contribution in [0.15, 0.2) is 41.5 Å². The number of nitrogens with zero attached hydrogens (tertiary/aromatic N) is 1. The zero-order valence-corrected chi connectivity index (χ0v) is 12.6. The van der Waals surface area contributed by atoms with Crippen LogP contribution in [0, 0.1) is 5.89 Å². The first kappa shape index (κ1) is 11.2. The van der Waals surface area contributed by atoms with Gasteiger partial charge in [0.05, 0.1) is 10.9 Å². The van der Waals surface area contributed by atoms with Gasteiger partial charge < -0.3 is 15.5 Å². The van der Waals surface area contributed by atoms with Crippen LogP contribution in [-0.4, -0.2) is 22.6 Å². The van der Waals surface area contributed by atoms with Crippen LogP contribution in [0.3, 0.4) is 0 Å². The van der Waals surface area contributed by atoms with Crippen LogP contribution in [0.4, 0.5) is 0 Å². The van der Waals surface area contributed by atoms with E-state index in [1.807, 2.05) is 6.07 Å². The molecular weight excluding hydrogens is 290 g/mol. The van der Waals surface area contributed by atoms with E-state index in [-0.39, 0.29) is 26.0 Å². The van der Waals surface area contributed by atoms with Gasteiger partial charge >= 0.3 is 0 Å². The van der Waals surface area contributed by atoms with E-state index >= 15 is 0 Å². The molecule has 3 N–H and O–H groups in total. The lowest BCUT2D eigenvalue weighted by atomic mass is 10.1. The average Bonchev–Trinajstić information content (AvgIpc) is 2.70. The number of rotatable bonds is 5. The zero-order valence-electron chi connectivity index (χ0n) is 16.6. The summed E-state index contributed by atoms with van der Waals surface area (Å²) in [7, 11) is 0. The minimum absolute atomic E-state index is 0.0258. The molecule has 5 heteroatoms. The second kappa shape index (κ2) is 6.38. The molecule has 0 spiro atoms. The lowest BCUT2D eigenvalue weighted by Crippen LogP contribution is -2.29. The molecule has 2 aromatic heterocycles. The van der Waals surface area contributed by atoms with Crippen LogP contribution in [0.2, 0.25) is 0 Å². The van der Waals surface area contributed by atoms with Gasteiger partial charge in [0.1, 0.15) is 12.4 Å². The largest absolute Gasteiger partial charge is 0.492 e. The van der Waals surface area contributed by atoms with Gasteiger partial charge in [-0.05, 0) is 35.9 Å². The van der Waals surface area contributed by atoms with Crippen LogP contribution in [-0.2, 0) is 0 Å². The van der Waals surface area contributed by atoms with Crippen molar-refractivity contribution in [3.8, 4) is 5.75 Å². The molecule has 0 bridgehead atoms. The number of ether oxygens (including phenoxy) is 1. The van der Waals surface area contributed by atoms with E-state index in [9.17, 15) is 4.79 Å². The summed E-state index contributed by atoms with van der Waals surface area (Å²) in [5, 5.41) is 2.16. The van der Waals surface area contributed by atoms with Crippen molar-refractivity contribution in [2.24, 2.45) is 11.6 Å². The normalized spacial score (nSPS) is 17.1. The Kier molecular flexibility index (Phi) is 3.10. The molecule has 2 heterocycles. The number of hydrogen-bond acceptors (Lipinski definition) is 4. The number of pyridine rings is 2. The fourth-order valence-electron chi connectivity index (χ4n) is 2.49. The highest BCUT2D eigenvalue weighted by Crippen LogP contribution is 2.24. The van der Waals surface area contributed by atoms with Gasteiger partial charge in [0, 0.05) is 35.4 Å². The number of aromatic nitrogens is 2. The monoisotopic (exact) mass is 319 g/mol. The van der Waals surface area contributed by atoms with Gasteiger partial charge in [-0.15, -0.1) is 0 Å². The molecule has 0 aliphatic rings. The van der Waals surface area contributed by atoms with Crippen molar-refractivity contribution < 1.29 is 10.2 Å². The second-order valence-electron chi connectivity index (χ2n) is 5.38. The average molecular weight is 319 g/mol. The molecule has 0 saturated carbocycles. The second-order valence-corrected chi connectivity index (χ2v) is 5.38. The van der Waals surface area contributed by atoms with Gasteiger partial charge in [0.15, 0.2) is 0 Å². The minimum atomic E-state index is -1.54. The summed E-state index contributed by atoms with van der Waals surface area (Å²) < 4.78 is 36.5. The molecule has 120 valence electrons. The van der Waals surface area contributed by atoms with E-state index in [2.05, 4.69) is 9.97 Å². The number of nitrogens with two attached hydrogens (primary N) is 1. The molecule has 3 aromatic rings. The number of nitrogens with one attached hydrogen (secondary N) is 1. The van der Waals surface area contributed by atoms with Crippen molar-refractivity contribution in [3.63, 3.8) is 0 Å². The van der Waals surface area contributed by atoms with E-state index < -0.39 is 18.3 Å². The summed E-state index contributed by atoms with van der Waals surface area (Å²) in [6.45, 7) is -0.753. The molecule has 3 rings (SSSR count). The van der Waals surface area contributed by atoms with Crippen LogP contribution in [0.1, 0.15) is 25.7 Å². The molecule has 0 amide bonds. The minimum Gasteiger partial charge on any atom is -0.492 e. The van der Waals surface area contributed by atoms with Crippen LogP contribution < -0.4 is 16.0 Å². The Hall–Kier alpha value is -2.40. The predicted molar refractivity (Wildman–Crippen MR) is 92.8 cm³/mol. The van der Waals surface area contributed by atoms with E-state index in [0.717, 1.165) is 10.8 Å². The Bertz CT molecular complexity index is 1010. The first-order chi connectivity index (χ1) is 12.9.